The molecule has 0 atom stereocenters. The maximum atomic E-state index is 11.9. The minimum Gasteiger partial charge on any atom is -0.478 e. The van der Waals surface area contributed by atoms with Crippen LogP contribution < -0.4 is 0 Å². The molecule has 1 N–H and O–H groups in total. The van der Waals surface area contributed by atoms with Crippen molar-refractivity contribution in [3.8, 4) is 0 Å². The summed E-state index contributed by atoms with van der Waals surface area (Å²) in [7, 11) is 0. The third-order valence-electron chi connectivity index (χ3n) is 2.94. The van der Waals surface area contributed by atoms with E-state index in [1.165, 1.54) is 12.1 Å². The van der Waals surface area contributed by atoms with Gasteiger partial charge in [-0.2, -0.15) is 0 Å². The van der Waals surface area contributed by atoms with Gasteiger partial charge in [0.1, 0.15) is 0 Å². The third-order valence-corrected chi connectivity index (χ3v) is 2.94. The molecular weight excluding hydrogens is 192 g/mol. The van der Waals surface area contributed by atoms with E-state index >= 15 is 0 Å². The average molecular weight is 204 g/mol. The molecule has 0 bridgehead atoms. The maximum absolute atomic E-state index is 11.9. The van der Waals surface area contributed by atoms with E-state index in [1.54, 1.807) is 12.1 Å². The van der Waals surface area contributed by atoms with Crippen molar-refractivity contribution in [3.63, 3.8) is 0 Å². The van der Waals surface area contributed by atoms with E-state index in [0.29, 0.717) is 5.56 Å². The molecule has 0 radical (unpaired) electrons. The molecule has 0 amide bonds. The quantitative estimate of drug-likeness (QED) is 0.769. The fourth-order valence-corrected chi connectivity index (χ4v) is 1.53. The maximum Gasteiger partial charge on any atom is 0.335 e. The van der Waals surface area contributed by atoms with Gasteiger partial charge in [0.2, 0.25) is 0 Å². The Labute approximate surface area is 87.7 Å². The van der Waals surface area contributed by atoms with Crippen molar-refractivity contribution in [1.82, 2.24) is 0 Å². The van der Waals surface area contributed by atoms with Crippen molar-refractivity contribution in [2.45, 2.75) is 19.8 Å². The lowest BCUT2D eigenvalue weighted by molar-refractivity contribution is 0.0696. The number of ketones is 1. The minimum absolute atomic E-state index is 0.124. The average Bonchev–Trinajstić information content (AvgIpc) is 2.97. The van der Waals surface area contributed by atoms with Gasteiger partial charge in [0.15, 0.2) is 5.78 Å². The van der Waals surface area contributed by atoms with E-state index in [9.17, 15) is 9.59 Å². The third kappa shape index (κ3) is 1.77. The Kier molecular flexibility index (Phi) is 2.11. The number of hydrogen-bond acceptors (Lipinski definition) is 2. The van der Waals surface area contributed by atoms with Gasteiger partial charge in [0, 0.05) is 11.0 Å². The molecule has 1 aliphatic carbocycles. The summed E-state index contributed by atoms with van der Waals surface area (Å²) in [4.78, 5) is 22.5. The molecule has 1 aromatic rings. The molecular formula is C12H12O3. The molecule has 1 fully saturated rings. The van der Waals surface area contributed by atoms with Gasteiger partial charge in [-0.15, -0.1) is 0 Å². The Bertz CT molecular complexity index is 413. The van der Waals surface area contributed by atoms with Gasteiger partial charge in [-0.1, -0.05) is 19.1 Å². The molecule has 0 unspecified atom stereocenters. The lowest BCUT2D eigenvalue weighted by atomic mass is 9.96. The SMILES string of the molecule is CC1(C(=O)c2ccc(C(=O)O)cc2)CC1. The van der Waals surface area contributed by atoms with Crippen LogP contribution in [0.15, 0.2) is 24.3 Å². The smallest absolute Gasteiger partial charge is 0.335 e. The number of carbonyl (C=O) groups excluding carboxylic acids is 1. The molecule has 2 rings (SSSR count). The highest BCUT2D eigenvalue weighted by Crippen LogP contribution is 2.47. The molecule has 0 aliphatic heterocycles. The van der Waals surface area contributed by atoms with Gasteiger partial charge in [-0.05, 0) is 25.0 Å². The Morgan fingerprint density at radius 2 is 1.60 bits per heavy atom. The van der Waals surface area contributed by atoms with Gasteiger partial charge >= 0.3 is 5.97 Å². The van der Waals surface area contributed by atoms with Gasteiger partial charge in [0.25, 0.3) is 0 Å². The minimum atomic E-state index is -0.966. The monoisotopic (exact) mass is 204 g/mol. The predicted octanol–water partition coefficient (Wildman–Crippen LogP) is 2.37. The van der Waals surface area contributed by atoms with Crippen LogP contribution >= 0.6 is 0 Å². The van der Waals surface area contributed by atoms with Crippen LogP contribution in [0.5, 0.6) is 0 Å². The van der Waals surface area contributed by atoms with Gasteiger partial charge in [-0.3, -0.25) is 4.79 Å². The molecule has 1 aliphatic rings. The number of Topliss-reactive ketones (excluding diaryl/α,β-unsaturated/α-hetero) is 1. The van der Waals surface area contributed by atoms with Crippen LogP contribution in [0.4, 0.5) is 0 Å². The van der Waals surface area contributed by atoms with Crippen molar-refractivity contribution in [2.24, 2.45) is 5.41 Å². The van der Waals surface area contributed by atoms with Crippen molar-refractivity contribution in [1.29, 1.82) is 0 Å². The molecule has 0 spiro atoms. The Morgan fingerprint density at radius 1 is 1.13 bits per heavy atom. The van der Waals surface area contributed by atoms with E-state index in [-0.39, 0.29) is 16.8 Å². The van der Waals surface area contributed by atoms with Crippen LogP contribution in [0.1, 0.15) is 40.5 Å². The summed E-state index contributed by atoms with van der Waals surface area (Å²) in [5.41, 5.74) is 0.637. The first-order valence-electron chi connectivity index (χ1n) is 4.91. The van der Waals surface area contributed by atoms with Crippen molar-refractivity contribution in [3.05, 3.63) is 35.4 Å². The molecule has 3 nitrogen and oxygen atoms in total. The van der Waals surface area contributed by atoms with Gasteiger partial charge < -0.3 is 5.11 Å². The summed E-state index contributed by atoms with van der Waals surface area (Å²) in [6.07, 6.45) is 1.87. The summed E-state index contributed by atoms with van der Waals surface area (Å²) in [5, 5.41) is 8.70. The van der Waals surface area contributed by atoms with Gasteiger partial charge in [0.05, 0.1) is 5.56 Å². The highest BCUT2D eigenvalue weighted by molar-refractivity contribution is 6.02. The largest absolute Gasteiger partial charge is 0.478 e. The predicted molar refractivity (Wildman–Crippen MR) is 55.1 cm³/mol. The van der Waals surface area contributed by atoms with E-state index in [4.69, 9.17) is 5.11 Å². The Morgan fingerprint density at radius 3 is 2.00 bits per heavy atom. The summed E-state index contributed by atoms with van der Waals surface area (Å²) in [6, 6.07) is 6.13. The number of carbonyl (C=O) groups is 2. The molecule has 15 heavy (non-hydrogen) atoms. The number of benzene rings is 1. The fourth-order valence-electron chi connectivity index (χ4n) is 1.53. The zero-order valence-corrected chi connectivity index (χ0v) is 8.49. The standard InChI is InChI=1S/C12H12O3/c1-12(6-7-12)10(13)8-2-4-9(5-3-8)11(14)15/h2-5H,6-7H2,1H3,(H,14,15). The number of hydrogen-bond donors (Lipinski definition) is 1. The summed E-state index contributed by atoms with van der Waals surface area (Å²) < 4.78 is 0. The van der Waals surface area contributed by atoms with Crippen LogP contribution in [-0.2, 0) is 0 Å². The van der Waals surface area contributed by atoms with E-state index in [1.807, 2.05) is 6.92 Å². The molecule has 0 aromatic heterocycles. The normalized spacial score (nSPS) is 17.1. The number of aromatic carboxylic acids is 1. The zero-order chi connectivity index (χ0) is 11.1. The molecule has 0 heterocycles. The molecule has 3 heteroatoms. The van der Waals surface area contributed by atoms with E-state index in [2.05, 4.69) is 0 Å². The first-order valence-corrected chi connectivity index (χ1v) is 4.91. The molecule has 0 saturated heterocycles. The van der Waals surface area contributed by atoms with Crippen LogP contribution in [0.3, 0.4) is 0 Å². The summed E-state index contributed by atoms with van der Waals surface area (Å²) in [5.74, 6) is -0.842. The van der Waals surface area contributed by atoms with Crippen molar-refractivity contribution in [2.75, 3.05) is 0 Å². The second-order valence-corrected chi connectivity index (χ2v) is 4.27. The van der Waals surface area contributed by atoms with Crippen LogP contribution in [0.25, 0.3) is 0 Å². The lowest BCUT2D eigenvalue weighted by Gasteiger charge is -2.06. The van der Waals surface area contributed by atoms with E-state index < -0.39 is 5.97 Å². The highest BCUT2D eigenvalue weighted by atomic mass is 16.4. The van der Waals surface area contributed by atoms with Crippen LogP contribution in [0, 0.1) is 5.41 Å². The van der Waals surface area contributed by atoms with Crippen LogP contribution in [0.2, 0.25) is 0 Å². The van der Waals surface area contributed by atoms with Gasteiger partial charge in [-0.25, -0.2) is 4.79 Å². The van der Waals surface area contributed by atoms with Crippen LogP contribution in [-0.4, -0.2) is 16.9 Å². The number of rotatable bonds is 3. The lowest BCUT2D eigenvalue weighted by Crippen LogP contribution is -2.12. The summed E-state index contributed by atoms with van der Waals surface area (Å²) >= 11 is 0. The first-order chi connectivity index (χ1) is 7.03. The Balaban J connectivity index is 2.24. The fraction of sp³-hybridized carbons (Fsp3) is 0.333. The van der Waals surface area contributed by atoms with E-state index in [0.717, 1.165) is 12.8 Å². The first kappa shape index (κ1) is 9.90. The zero-order valence-electron chi connectivity index (χ0n) is 8.49. The Hall–Kier alpha value is -1.64. The second kappa shape index (κ2) is 3.19. The second-order valence-electron chi connectivity index (χ2n) is 4.27. The van der Waals surface area contributed by atoms with Crippen molar-refractivity contribution >= 4 is 11.8 Å². The molecule has 1 aromatic carbocycles. The topological polar surface area (TPSA) is 54.4 Å². The molecule has 1 saturated carbocycles. The highest BCUT2D eigenvalue weighted by Gasteiger charge is 2.44. The summed E-state index contributed by atoms with van der Waals surface area (Å²) in [6.45, 7) is 1.94. The number of carboxylic acid groups (broad SMARTS) is 1. The van der Waals surface area contributed by atoms with Crippen molar-refractivity contribution < 1.29 is 14.7 Å². The number of carboxylic acids is 1. The molecule has 78 valence electrons.